The number of sulfonamides is 1. The summed E-state index contributed by atoms with van der Waals surface area (Å²) in [5.41, 5.74) is 6.27. The minimum Gasteiger partial charge on any atom is -0.384 e. The molecule has 1 amide bonds. The second-order valence-electron chi connectivity index (χ2n) is 6.71. The molecule has 3 heterocycles. The lowest BCUT2D eigenvalue weighted by Gasteiger charge is -2.29. The zero-order chi connectivity index (χ0) is 18.9. The molecule has 0 bridgehead atoms. The Kier molecular flexibility index (Phi) is 6.50. The average Bonchev–Trinajstić information content (AvgIpc) is 3.00. The minimum absolute atomic E-state index is 0. The molecule has 1 saturated heterocycles. The van der Waals surface area contributed by atoms with Crippen LogP contribution in [-0.2, 0) is 17.1 Å². The van der Waals surface area contributed by atoms with Gasteiger partial charge in [0, 0.05) is 26.3 Å². The average molecular weight is 414 g/mol. The number of anilines is 2. The highest BCUT2D eigenvalue weighted by atomic mass is 35.5. The molecule has 148 valence electrons. The molecule has 27 heavy (non-hydrogen) atoms. The number of carbonyl (C=O) groups is 1. The second kappa shape index (κ2) is 8.28. The molecule has 2 aromatic heterocycles. The van der Waals surface area contributed by atoms with Crippen molar-refractivity contribution in [2.24, 2.45) is 13.0 Å². The summed E-state index contributed by atoms with van der Waals surface area (Å²) in [6.07, 6.45) is 4.81. The maximum absolute atomic E-state index is 12.9. The fourth-order valence-electron chi connectivity index (χ4n) is 3.09. The number of nitrogens with two attached hydrogens (primary N) is 1. The molecule has 3 N–H and O–H groups in total. The Balaban J connectivity index is 0.00000261. The van der Waals surface area contributed by atoms with Crippen molar-refractivity contribution in [1.29, 1.82) is 0 Å². The number of hydrogen-bond donors (Lipinski definition) is 2. The van der Waals surface area contributed by atoms with Crippen LogP contribution in [0.3, 0.4) is 0 Å². The third kappa shape index (κ3) is 4.60. The molecular weight excluding hydrogens is 390 g/mol. The summed E-state index contributed by atoms with van der Waals surface area (Å²) in [6.45, 7) is 3.07. The first-order valence-corrected chi connectivity index (χ1v) is 9.91. The molecule has 3 rings (SSSR count). The van der Waals surface area contributed by atoms with Crippen LogP contribution < -0.4 is 11.1 Å². The van der Waals surface area contributed by atoms with Gasteiger partial charge in [0.1, 0.15) is 16.4 Å². The second-order valence-corrected chi connectivity index (χ2v) is 8.65. The first-order chi connectivity index (χ1) is 12.3. The number of nitrogen functional groups attached to an aromatic ring is 1. The first-order valence-electron chi connectivity index (χ1n) is 8.47. The van der Waals surface area contributed by atoms with Crippen LogP contribution in [0.25, 0.3) is 0 Å². The van der Waals surface area contributed by atoms with E-state index in [9.17, 15) is 13.2 Å². The van der Waals surface area contributed by atoms with Crippen molar-refractivity contribution >= 4 is 39.8 Å². The molecule has 10 heteroatoms. The lowest BCUT2D eigenvalue weighted by Crippen LogP contribution is -2.38. The maximum atomic E-state index is 12.9. The van der Waals surface area contributed by atoms with Crippen LogP contribution in [-0.4, -0.2) is 41.3 Å². The van der Waals surface area contributed by atoms with Crippen molar-refractivity contribution in [2.45, 2.75) is 24.7 Å². The van der Waals surface area contributed by atoms with E-state index < -0.39 is 15.9 Å². The predicted molar refractivity (Wildman–Crippen MR) is 106 cm³/mol. The molecule has 1 aliphatic heterocycles. The van der Waals surface area contributed by atoms with Crippen LogP contribution in [0.2, 0.25) is 0 Å². The number of piperidine rings is 1. The van der Waals surface area contributed by atoms with E-state index in [2.05, 4.69) is 10.3 Å². The summed E-state index contributed by atoms with van der Waals surface area (Å²) >= 11 is 0. The van der Waals surface area contributed by atoms with Gasteiger partial charge in [-0.1, -0.05) is 6.92 Å². The van der Waals surface area contributed by atoms with Gasteiger partial charge in [-0.15, -0.1) is 12.4 Å². The normalized spacial score (nSPS) is 17.9. The van der Waals surface area contributed by atoms with Gasteiger partial charge in [-0.25, -0.2) is 13.4 Å². The fraction of sp³-hybridized carbons (Fsp3) is 0.412. The molecule has 0 radical (unpaired) electrons. The lowest BCUT2D eigenvalue weighted by molar-refractivity contribution is 0.101. The van der Waals surface area contributed by atoms with E-state index in [0.29, 0.717) is 30.5 Å². The summed E-state index contributed by atoms with van der Waals surface area (Å²) in [5.74, 6) is 0.279. The van der Waals surface area contributed by atoms with Crippen molar-refractivity contribution in [1.82, 2.24) is 13.9 Å². The van der Waals surface area contributed by atoms with Gasteiger partial charge in [0.05, 0.1) is 11.9 Å². The monoisotopic (exact) mass is 413 g/mol. The van der Waals surface area contributed by atoms with E-state index in [-0.39, 0.29) is 23.0 Å². The van der Waals surface area contributed by atoms with E-state index in [1.165, 1.54) is 27.3 Å². The molecular formula is C17H24ClN5O3S. The number of hydrogen-bond acceptors (Lipinski definition) is 5. The Labute approximate surface area is 165 Å². The Hall–Kier alpha value is -2.10. The lowest BCUT2D eigenvalue weighted by atomic mass is 10.0. The highest BCUT2D eigenvalue weighted by molar-refractivity contribution is 7.89. The summed E-state index contributed by atoms with van der Waals surface area (Å²) in [6, 6.07) is 4.62. The summed E-state index contributed by atoms with van der Waals surface area (Å²) in [4.78, 5) is 16.5. The highest BCUT2D eigenvalue weighted by Crippen LogP contribution is 2.25. The quantitative estimate of drug-likeness (QED) is 0.797. The topological polar surface area (TPSA) is 110 Å². The molecule has 1 unspecified atom stereocenters. The predicted octanol–water partition coefficient (Wildman–Crippen LogP) is 2.10. The molecule has 0 aromatic carbocycles. The minimum atomic E-state index is -3.60. The number of amides is 1. The van der Waals surface area contributed by atoms with Gasteiger partial charge in [-0.05, 0) is 37.0 Å². The summed E-state index contributed by atoms with van der Waals surface area (Å²) in [7, 11) is -1.96. The third-order valence-corrected chi connectivity index (χ3v) is 6.34. The number of aromatic nitrogens is 2. The van der Waals surface area contributed by atoms with Crippen LogP contribution >= 0.6 is 12.4 Å². The van der Waals surface area contributed by atoms with Gasteiger partial charge in [-0.2, -0.15) is 4.31 Å². The smallest absolute Gasteiger partial charge is 0.272 e. The van der Waals surface area contributed by atoms with Gasteiger partial charge in [0.2, 0.25) is 10.0 Å². The Morgan fingerprint density at radius 3 is 2.74 bits per heavy atom. The number of nitrogens with one attached hydrogen (secondary N) is 1. The number of nitrogens with zero attached hydrogens (tertiary/aromatic N) is 3. The van der Waals surface area contributed by atoms with Crippen molar-refractivity contribution in [3.05, 3.63) is 36.3 Å². The molecule has 0 aliphatic carbocycles. The first kappa shape index (κ1) is 21.2. The van der Waals surface area contributed by atoms with Crippen LogP contribution in [0.4, 0.5) is 11.5 Å². The largest absolute Gasteiger partial charge is 0.384 e. The van der Waals surface area contributed by atoms with Crippen LogP contribution in [0.5, 0.6) is 0 Å². The van der Waals surface area contributed by atoms with E-state index in [0.717, 1.165) is 12.8 Å². The Morgan fingerprint density at radius 2 is 2.11 bits per heavy atom. The van der Waals surface area contributed by atoms with Crippen molar-refractivity contribution in [3.8, 4) is 0 Å². The summed E-state index contributed by atoms with van der Waals surface area (Å²) < 4.78 is 28.8. The highest BCUT2D eigenvalue weighted by Gasteiger charge is 2.30. The van der Waals surface area contributed by atoms with E-state index in [4.69, 9.17) is 5.73 Å². The molecule has 1 fully saturated rings. The zero-order valence-corrected chi connectivity index (χ0v) is 16.9. The van der Waals surface area contributed by atoms with Gasteiger partial charge in [0.15, 0.2) is 0 Å². The zero-order valence-electron chi connectivity index (χ0n) is 15.3. The van der Waals surface area contributed by atoms with Crippen LogP contribution in [0.1, 0.15) is 30.3 Å². The molecule has 1 atom stereocenters. The third-order valence-electron chi connectivity index (χ3n) is 4.51. The van der Waals surface area contributed by atoms with E-state index in [1.54, 1.807) is 19.2 Å². The van der Waals surface area contributed by atoms with Crippen molar-refractivity contribution < 1.29 is 13.2 Å². The van der Waals surface area contributed by atoms with Gasteiger partial charge in [0.25, 0.3) is 5.91 Å². The Morgan fingerprint density at radius 1 is 1.37 bits per heavy atom. The molecule has 8 nitrogen and oxygen atoms in total. The molecule has 0 saturated carbocycles. The maximum Gasteiger partial charge on any atom is 0.272 e. The van der Waals surface area contributed by atoms with Crippen molar-refractivity contribution in [2.75, 3.05) is 24.1 Å². The van der Waals surface area contributed by atoms with Crippen LogP contribution in [0.15, 0.2) is 35.5 Å². The number of halogens is 1. The fourth-order valence-corrected chi connectivity index (χ4v) is 4.76. The van der Waals surface area contributed by atoms with Gasteiger partial charge >= 0.3 is 0 Å². The number of aryl methyl sites for hydroxylation is 1. The van der Waals surface area contributed by atoms with E-state index >= 15 is 0 Å². The molecule has 2 aromatic rings. The van der Waals surface area contributed by atoms with Gasteiger partial charge in [-0.3, -0.25) is 4.79 Å². The Bertz CT molecular complexity index is 911. The summed E-state index contributed by atoms with van der Waals surface area (Å²) in [5, 5.41) is 2.69. The standard InChI is InChI=1S/C17H23N5O3S.ClH/c1-12-4-3-7-22(10-12)26(24,25)14-8-15(21(2)11-14)17(23)20-13-5-6-16(18)19-9-13;/h5-6,8-9,11-12H,3-4,7,10H2,1-2H3,(H2,18,19)(H,20,23);1H. The number of carbonyl (C=O) groups excluding carboxylic acids is 1. The van der Waals surface area contributed by atoms with Crippen molar-refractivity contribution in [3.63, 3.8) is 0 Å². The van der Waals surface area contributed by atoms with Crippen LogP contribution in [0, 0.1) is 5.92 Å². The van der Waals surface area contributed by atoms with Gasteiger partial charge < -0.3 is 15.6 Å². The van der Waals surface area contributed by atoms with E-state index in [1.807, 2.05) is 6.92 Å². The molecule has 1 aliphatic rings. The number of pyridine rings is 1. The SMILES string of the molecule is CC1CCCN(S(=O)(=O)c2cc(C(=O)Nc3ccc(N)nc3)n(C)c2)C1.Cl. The molecule has 0 spiro atoms. The number of rotatable bonds is 4.